The van der Waals surface area contributed by atoms with Crippen LogP contribution in [0.1, 0.15) is 110 Å². The Balaban J connectivity index is 1.02. The summed E-state index contributed by atoms with van der Waals surface area (Å²) in [6, 6.07) is 10.5. The van der Waals surface area contributed by atoms with Gasteiger partial charge in [0.15, 0.2) is 5.78 Å². The van der Waals surface area contributed by atoms with E-state index in [2.05, 4.69) is 57.2 Å². The maximum atomic E-state index is 14.2. The highest BCUT2D eigenvalue weighted by atomic mass is 16.5. The van der Waals surface area contributed by atoms with Gasteiger partial charge in [0, 0.05) is 17.3 Å². The molecule has 5 aliphatic carbocycles. The molecule has 1 aromatic carbocycles. The van der Waals surface area contributed by atoms with Crippen LogP contribution in [0.25, 0.3) is 0 Å². The van der Waals surface area contributed by atoms with Crippen LogP contribution >= 0.6 is 0 Å². The number of ether oxygens (including phenoxy) is 2. The predicted molar refractivity (Wildman–Crippen MR) is 185 cm³/mol. The second kappa shape index (κ2) is 11.6. The standard InChI is InChI=1S/C42H58O6/c1-26-30(28-12-8-9-13-28)25-47-36(26)37(44)40(4,45)35-16-19-42(46)32-22-34(43)33-23-41(18-14-29(24-48-41)27-10-6-5-7-11-27)21-20-38(33,2)31(32)15-17-39(35,42)3/h5-7,10-11,14,18,22,26,28-31,33,35-37,44-46H,8-9,12-13,15-17,19-21,23-25H2,1-4H3/t26-,29-,30+,31+,33+,35+,36+,37-,38-,39-,40+,41+,42-/m1/s1. The third-order valence-corrected chi connectivity index (χ3v) is 15.9. The fraction of sp³-hybridized carbons (Fsp3) is 0.738. The van der Waals surface area contributed by atoms with Gasteiger partial charge in [-0.05, 0) is 104 Å². The summed E-state index contributed by atoms with van der Waals surface area (Å²) in [6.45, 7) is 9.65. The molecule has 6 heteroatoms. The number of aliphatic hydroxyl groups excluding tert-OH is 1. The third kappa shape index (κ3) is 4.78. The van der Waals surface area contributed by atoms with Crippen molar-refractivity contribution in [3.8, 4) is 0 Å². The lowest BCUT2D eigenvalue weighted by atomic mass is 9.45. The first-order chi connectivity index (χ1) is 22.8. The Hall–Kier alpha value is -1.83. The Labute approximate surface area is 287 Å². The van der Waals surface area contributed by atoms with Crippen molar-refractivity contribution in [3.05, 3.63) is 59.7 Å². The van der Waals surface area contributed by atoms with Gasteiger partial charge in [-0.15, -0.1) is 0 Å². The van der Waals surface area contributed by atoms with Gasteiger partial charge in [-0.2, -0.15) is 0 Å². The zero-order valence-corrected chi connectivity index (χ0v) is 29.6. The van der Waals surface area contributed by atoms with Crippen LogP contribution in [-0.4, -0.2) is 63.3 Å². The Morgan fingerprint density at radius 2 is 1.71 bits per heavy atom. The van der Waals surface area contributed by atoms with E-state index in [1.807, 2.05) is 12.1 Å². The minimum absolute atomic E-state index is 0.110. The van der Waals surface area contributed by atoms with E-state index >= 15 is 0 Å². The molecule has 6 nitrogen and oxygen atoms in total. The molecule has 0 aromatic heterocycles. The zero-order valence-electron chi connectivity index (χ0n) is 29.6. The van der Waals surface area contributed by atoms with Crippen molar-refractivity contribution in [2.75, 3.05) is 13.2 Å². The second-order valence-corrected chi connectivity index (χ2v) is 18.0. The molecule has 1 saturated heterocycles. The van der Waals surface area contributed by atoms with Crippen molar-refractivity contribution >= 4 is 5.78 Å². The summed E-state index contributed by atoms with van der Waals surface area (Å²) >= 11 is 0. The molecule has 2 heterocycles. The molecule has 1 aromatic rings. The molecule has 0 amide bonds. The second-order valence-electron chi connectivity index (χ2n) is 18.0. The van der Waals surface area contributed by atoms with Gasteiger partial charge in [0.1, 0.15) is 6.10 Å². The highest BCUT2D eigenvalue weighted by Gasteiger charge is 2.70. The van der Waals surface area contributed by atoms with Gasteiger partial charge in [0.25, 0.3) is 0 Å². The molecular formula is C42H58O6. The van der Waals surface area contributed by atoms with Crippen molar-refractivity contribution < 1.29 is 29.6 Å². The van der Waals surface area contributed by atoms with Crippen LogP contribution in [0.5, 0.6) is 0 Å². The van der Waals surface area contributed by atoms with Gasteiger partial charge >= 0.3 is 0 Å². The first-order valence-corrected chi connectivity index (χ1v) is 19.2. The van der Waals surface area contributed by atoms with E-state index in [9.17, 15) is 20.1 Å². The van der Waals surface area contributed by atoms with Gasteiger partial charge < -0.3 is 24.8 Å². The lowest BCUT2D eigenvalue weighted by Crippen LogP contribution is -2.63. The fourth-order valence-corrected chi connectivity index (χ4v) is 12.7. The quantitative estimate of drug-likeness (QED) is 0.297. The lowest BCUT2D eigenvalue weighted by molar-refractivity contribution is -0.194. The van der Waals surface area contributed by atoms with Gasteiger partial charge in [-0.1, -0.05) is 88.9 Å². The van der Waals surface area contributed by atoms with Crippen LogP contribution in [0.3, 0.4) is 0 Å². The largest absolute Gasteiger partial charge is 0.387 e. The zero-order chi connectivity index (χ0) is 33.7. The minimum atomic E-state index is -1.43. The predicted octanol–water partition coefficient (Wildman–Crippen LogP) is 6.92. The molecule has 0 unspecified atom stereocenters. The van der Waals surface area contributed by atoms with Crippen LogP contribution < -0.4 is 0 Å². The molecule has 3 N–H and O–H groups in total. The molecule has 7 aliphatic rings. The highest BCUT2D eigenvalue weighted by molar-refractivity contribution is 5.95. The van der Waals surface area contributed by atoms with E-state index in [0.717, 1.165) is 31.3 Å². The molecule has 0 bridgehead atoms. The van der Waals surface area contributed by atoms with Gasteiger partial charge in [-0.25, -0.2) is 0 Å². The molecule has 13 atom stereocenters. The van der Waals surface area contributed by atoms with Crippen LogP contribution in [0, 0.1) is 46.3 Å². The average Bonchev–Trinajstić information content (AvgIpc) is 3.81. The van der Waals surface area contributed by atoms with Gasteiger partial charge in [-0.3, -0.25) is 4.79 Å². The summed E-state index contributed by atoms with van der Waals surface area (Å²) in [7, 11) is 0. The number of hydrogen-bond acceptors (Lipinski definition) is 6. The van der Waals surface area contributed by atoms with E-state index in [1.165, 1.54) is 31.2 Å². The molecular weight excluding hydrogens is 600 g/mol. The number of hydrogen-bond donors (Lipinski definition) is 3. The summed E-state index contributed by atoms with van der Waals surface area (Å²) in [5, 5.41) is 37.0. The van der Waals surface area contributed by atoms with E-state index in [0.29, 0.717) is 44.3 Å². The van der Waals surface area contributed by atoms with Gasteiger partial charge in [0.05, 0.1) is 36.1 Å². The molecule has 48 heavy (non-hydrogen) atoms. The van der Waals surface area contributed by atoms with E-state index < -0.39 is 34.4 Å². The number of allylic oxidation sites excluding steroid dienone is 1. The highest BCUT2D eigenvalue weighted by Crippen LogP contribution is 2.69. The van der Waals surface area contributed by atoms with Crippen molar-refractivity contribution in [2.45, 2.75) is 133 Å². The molecule has 8 rings (SSSR count). The molecule has 2 aliphatic heterocycles. The molecule has 4 saturated carbocycles. The van der Waals surface area contributed by atoms with Crippen molar-refractivity contribution in [2.24, 2.45) is 46.3 Å². The molecule has 1 spiro atoms. The number of ketones is 1. The fourth-order valence-electron chi connectivity index (χ4n) is 12.7. The molecule has 262 valence electrons. The number of aliphatic hydroxyl groups is 3. The van der Waals surface area contributed by atoms with Gasteiger partial charge in [0.2, 0.25) is 0 Å². The summed E-state index contributed by atoms with van der Waals surface area (Å²) in [5.74, 6) is 1.24. The van der Waals surface area contributed by atoms with E-state index in [1.54, 1.807) is 6.92 Å². The van der Waals surface area contributed by atoms with Crippen molar-refractivity contribution in [3.63, 3.8) is 0 Å². The smallest absolute Gasteiger partial charge is 0.159 e. The number of rotatable bonds is 5. The summed E-state index contributed by atoms with van der Waals surface area (Å²) in [4.78, 5) is 14.2. The molecule has 5 fully saturated rings. The Morgan fingerprint density at radius 3 is 2.42 bits per heavy atom. The minimum Gasteiger partial charge on any atom is -0.387 e. The number of carbonyl (C=O) groups is 1. The normalized spacial score (nSPS) is 47.7. The lowest BCUT2D eigenvalue weighted by Gasteiger charge is -2.61. The number of fused-ring (bicyclic) bond motifs is 5. The SMILES string of the molecule is C[C@H]1[C@@H]([C@@H](O)[C@@](C)(O)[C@H]2CC[C@@]3(O)C4=CC(=O)[C@@H]5C[C@]6(C=C[C@@H](c7ccccc7)CO6)CC[C@]5(C)[C@H]4CC[C@]23C)OC[C@@H]1C1CCCC1. The Kier molecular flexibility index (Phi) is 8.05. The first-order valence-electron chi connectivity index (χ1n) is 19.2. The van der Waals surface area contributed by atoms with E-state index in [4.69, 9.17) is 9.47 Å². The maximum absolute atomic E-state index is 14.2. The Morgan fingerprint density at radius 1 is 0.958 bits per heavy atom. The summed E-state index contributed by atoms with van der Waals surface area (Å²) in [5.41, 5.74) is -1.81. The molecule has 0 radical (unpaired) electrons. The van der Waals surface area contributed by atoms with Crippen molar-refractivity contribution in [1.82, 2.24) is 0 Å². The topological polar surface area (TPSA) is 96.2 Å². The van der Waals surface area contributed by atoms with Crippen LogP contribution in [0.15, 0.2) is 54.1 Å². The monoisotopic (exact) mass is 658 g/mol. The van der Waals surface area contributed by atoms with E-state index in [-0.39, 0.29) is 40.8 Å². The van der Waals surface area contributed by atoms with Crippen LogP contribution in [0.4, 0.5) is 0 Å². The first kappa shape index (κ1) is 33.3. The Bertz CT molecular complexity index is 1460. The number of carbonyl (C=O) groups excluding carboxylic acids is 1. The van der Waals surface area contributed by atoms with Crippen molar-refractivity contribution in [1.29, 1.82) is 0 Å². The number of benzene rings is 1. The third-order valence-electron chi connectivity index (χ3n) is 15.9. The summed E-state index contributed by atoms with van der Waals surface area (Å²) in [6.07, 6.45) is 15.1. The maximum Gasteiger partial charge on any atom is 0.159 e. The average molecular weight is 659 g/mol. The summed E-state index contributed by atoms with van der Waals surface area (Å²) < 4.78 is 12.9. The van der Waals surface area contributed by atoms with Crippen LogP contribution in [-0.2, 0) is 14.3 Å². The van der Waals surface area contributed by atoms with Crippen LogP contribution in [0.2, 0.25) is 0 Å².